The van der Waals surface area contributed by atoms with Gasteiger partial charge in [-0.3, -0.25) is 14.4 Å². The Morgan fingerprint density at radius 1 is 0.895 bits per heavy atom. The summed E-state index contributed by atoms with van der Waals surface area (Å²) in [6.07, 6.45) is -0.649. The molecule has 110 valence electrons. The van der Waals surface area contributed by atoms with E-state index >= 15 is 0 Å². The van der Waals surface area contributed by atoms with Crippen molar-refractivity contribution in [2.24, 2.45) is 5.92 Å². The van der Waals surface area contributed by atoms with Crippen LogP contribution in [-0.2, 0) is 23.9 Å². The van der Waals surface area contributed by atoms with E-state index in [1.54, 1.807) is 41.5 Å². The van der Waals surface area contributed by atoms with Crippen LogP contribution < -0.4 is 0 Å². The summed E-state index contributed by atoms with van der Waals surface area (Å²) in [4.78, 5) is 34.4. The lowest BCUT2D eigenvalue weighted by atomic mass is 10.0. The van der Waals surface area contributed by atoms with Crippen molar-refractivity contribution < 1.29 is 29.0 Å². The molecule has 0 aromatic rings. The summed E-state index contributed by atoms with van der Waals surface area (Å²) in [5.41, 5.74) is -1.59. The van der Waals surface area contributed by atoms with Gasteiger partial charge in [-0.1, -0.05) is 0 Å². The second-order valence-corrected chi connectivity index (χ2v) is 6.22. The van der Waals surface area contributed by atoms with Crippen LogP contribution in [0.4, 0.5) is 0 Å². The maximum atomic E-state index is 11.8. The number of hydrogen-bond donors (Lipinski definition) is 1. The topological polar surface area (TPSA) is 89.9 Å². The number of rotatable bonds is 4. The van der Waals surface area contributed by atoms with Gasteiger partial charge in [-0.15, -0.1) is 0 Å². The number of carbonyl (C=O) groups is 3. The Morgan fingerprint density at radius 2 is 1.21 bits per heavy atom. The van der Waals surface area contributed by atoms with E-state index in [-0.39, 0.29) is 0 Å². The quantitative estimate of drug-likeness (QED) is 0.620. The Hall–Kier alpha value is -1.59. The van der Waals surface area contributed by atoms with Gasteiger partial charge in [0.25, 0.3) is 0 Å². The van der Waals surface area contributed by atoms with Crippen LogP contribution in [0.2, 0.25) is 0 Å². The number of ether oxygens (including phenoxy) is 2. The molecule has 0 aliphatic rings. The Balaban J connectivity index is 4.95. The zero-order chi connectivity index (χ0) is 15.4. The largest absolute Gasteiger partial charge is 0.481 e. The molecule has 0 saturated heterocycles. The highest BCUT2D eigenvalue weighted by molar-refractivity contribution is 5.98. The number of esters is 2. The molecule has 0 spiro atoms. The van der Waals surface area contributed by atoms with Gasteiger partial charge in [0.15, 0.2) is 5.92 Å². The van der Waals surface area contributed by atoms with E-state index < -0.39 is 41.4 Å². The van der Waals surface area contributed by atoms with Gasteiger partial charge in [0.1, 0.15) is 11.2 Å². The van der Waals surface area contributed by atoms with Crippen LogP contribution >= 0.6 is 0 Å². The lowest BCUT2D eigenvalue weighted by Gasteiger charge is -2.25. The molecule has 6 heteroatoms. The van der Waals surface area contributed by atoms with E-state index in [1.807, 2.05) is 0 Å². The van der Waals surface area contributed by atoms with Gasteiger partial charge in [0.05, 0.1) is 6.42 Å². The summed E-state index contributed by atoms with van der Waals surface area (Å²) in [6.45, 7) is 9.82. The molecule has 0 radical (unpaired) electrons. The molecule has 1 N–H and O–H groups in total. The highest BCUT2D eigenvalue weighted by Gasteiger charge is 2.36. The number of carboxylic acid groups (broad SMARTS) is 1. The number of aliphatic carboxylic acids is 1. The van der Waals surface area contributed by atoms with Crippen LogP contribution in [0.5, 0.6) is 0 Å². The van der Waals surface area contributed by atoms with Crippen molar-refractivity contribution in [2.75, 3.05) is 0 Å². The lowest BCUT2D eigenvalue weighted by Crippen LogP contribution is -2.38. The van der Waals surface area contributed by atoms with Crippen molar-refractivity contribution in [2.45, 2.75) is 59.2 Å². The molecule has 0 heterocycles. The molecule has 6 nitrogen and oxygen atoms in total. The second-order valence-electron chi connectivity index (χ2n) is 6.22. The Labute approximate surface area is 113 Å². The minimum atomic E-state index is -1.45. The maximum absolute atomic E-state index is 11.8. The van der Waals surface area contributed by atoms with Crippen LogP contribution in [0.25, 0.3) is 0 Å². The fourth-order valence-corrected chi connectivity index (χ4v) is 1.18. The van der Waals surface area contributed by atoms with Gasteiger partial charge < -0.3 is 14.6 Å². The molecule has 0 aliphatic heterocycles. The summed E-state index contributed by atoms with van der Waals surface area (Å²) in [7, 11) is 0. The van der Waals surface area contributed by atoms with Crippen molar-refractivity contribution in [3.63, 3.8) is 0 Å². The molecule has 0 aliphatic carbocycles. The third kappa shape index (κ3) is 8.18. The lowest BCUT2D eigenvalue weighted by molar-refractivity contribution is -0.177. The minimum Gasteiger partial charge on any atom is -0.481 e. The minimum absolute atomic E-state index is 0.649. The average Bonchev–Trinajstić information content (AvgIpc) is 2.07. The molecule has 0 aromatic carbocycles. The summed E-state index contributed by atoms with van der Waals surface area (Å²) >= 11 is 0. The van der Waals surface area contributed by atoms with Gasteiger partial charge in [-0.05, 0) is 41.5 Å². The highest BCUT2D eigenvalue weighted by atomic mass is 16.6. The first-order chi connectivity index (χ1) is 8.32. The normalized spacial score (nSPS) is 12.2. The Kier molecular flexibility index (Phi) is 5.53. The van der Waals surface area contributed by atoms with E-state index in [1.165, 1.54) is 0 Å². The fourth-order valence-electron chi connectivity index (χ4n) is 1.18. The van der Waals surface area contributed by atoms with E-state index in [9.17, 15) is 14.4 Å². The van der Waals surface area contributed by atoms with Crippen LogP contribution in [0.1, 0.15) is 48.0 Å². The molecule has 0 amide bonds. The van der Waals surface area contributed by atoms with Crippen molar-refractivity contribution in [3.8, 4) is 0 Å². The summed E-state index contributed by atoms with van der Waals surface area (Å²) in [5.74, 6) is -4.48. The average molecular weight is 274 g/mol. The van der Waals surface area contributed by atoms with Crippen molar-refractivity contribution in [1.82, 2.24) is 0 Å². The van der Waals surface area contributed by atoms with Crippen molar-refractivity contribution in [1.29, 1.82) is 0 Å². The third-order valence-corrected chi connectivity index (χ3v) is 1.76. The van der Waals surface area contributed by atoms with Crippen LogP contribution in [0.3, 0.4) is 0 Å². The smallest absolute Gasteiger partial charge is 0.321 e. The Morgan fingerprint density at radius 3 is 1.42 bits per heavy atom. The van der Waals surface area contributed by atoms with Gasteiger partial charge in [-0.2, -0.15) is 0 Å². The second kappa shape index (κ2) is 6.04. The third-order valence-electron chi connectivity index (χ3n) is 1.76. The van der Waals surface area contributed by atoms with Gasteiger partial charge in [0.2, 0.25) is 0 Å². The van der Waals surface area contributed by atoms with Gasteiger partial charge in [-0.25, -0.2) is 0 Å². The summed E-state index contributed by atoms with van der Waals surface area (Å²) in [6, 6.07) is 0. The molecule has 0 fully saturated rings. The maximum Gasteiger partial charge on any atom is 0.321 e. The van der Waals surface area contributed by atoms with Crippen LogP contribution in [0.15, 0.2) is 0 Å². The molecule has 0 atom stereocenters. The predicted octanol–water partition coefficient (Wildman–Crippen LogP) is 1.76. The van der Waals surface area contributed by atoms with Crippen molar-refractivity contribution in [3.05, 3.63) is 0 Å². The predicted molar refractivity (Wildman–Crippen MR) is 67.4 cm³/mol. The first-order valence-corrected chi connectivity index (χ1v) is 5.99. The summed E-state index contributed by atoms with van der Waals surface area (Å²) in [5, 5.41) is 8.76. The molecular weight excluding hydrogens is 252 g/mol. The van der Waals surface area contributed by atoms with E-state index in [4.69, 9.17) is 14.6 Å². The number of carbonyl (C=O) groups excluding carboxylic acids is 2. The zero-order valence-corrected chi connectivity index (χ0v) is 12.3. The van der Waals surface area contributed by atoms with E-state index in [0.29, 0.717) is 0 Å². The van der Waals surface area contributed by atoms with E-state index in [2.05, 4.69) is 0 Å². The van der Waals surface area contributed by atoms with Gasteiger partial charge >= 0.3 is 17.9 Å². The van der Waals surface area contributed by atoms with Crippen LogP contribution in [0, 0.1) is 5.92 Å². The van der Waals surface area contributed by atoms with Gasteiger partial charge in [0, 0.05) is 0 Å². The van der Waals surface area contributed by atoms with Crippen molar-refractivity contribution >= 4 is 17.9 Å². The standard InChI is InChI=1S/C13H22O6/c1-12(2,3)18-10(16)8(7-9(14)15)11(17)19-13(4,5)6/h8H,7H2,1-6H3,(H,14,15). The molecule has 19 heavy (non-hydrogen) atoms. The fraction of sp³-hybridized carbons (Fsp3) is 0.769. The Bertz CT molecular complexity index is 330. The molecule has 0 unspecified atom stereocenters. The highest BCUT2D eigenvalue weighted by Crippen LogP contribution is 2.18. The molecule has 0 saturated carbocycles. The monoisotopic (exact) mass is 274 g/mol. The van der Waals surface area contributed by atoms with Crippen LogP contribution in [-0.4, -0.2) is 34.2 Å². The molecule has 0 aromatic heterocycles. The number of carboxylic acids is 1. The summed E-state index contributed by atoms with van der Waals surface area (Å²) < 4.78 is 10.1. The molecule has 0 rings (SSSR count). The molecule has 0 bridgehead atoms. The zero-order valence-electron chi connectivity index (χ0n) is 12.3. The molecular formula is C13H22O6. The van der Waals surface area contributed by atoms with E-state index in [0.717, 1.165) is 0 Å². The number of hydrogen-bond acceptors (Lipinski definition) is 5. The first-order valence-electron chi connectivity index (χ1n) is 5.99. The first kappa shape index (κ1) is 17.4. The SMILES string of the molecule is CC(C)(C)OC(=O)C(CC(=O)O)C(=O)OC(C)(C)C.